The molecular weight excluding hydrogens is 330 g/mol. The average molecular weight is 355 g/mol. The van der Waals surface area contributed by atoms with Crippen LogP contribution in [0.25, 0.3) is 11.4 Å². The number of esters is 1. The van der Waals surface area contributed by atoms with Crippen LogP contribution in [0.5, 0.6) is 0 Å². The highest BCUT2D eigenvalue weighted by molar-refractivity contribution is 5.89. The van der Waals surface area contributed by atoms with Crippen molar-refractivity contribution in [3.8, 4) is 11.4 Å². The first kappa shape index (κ1) is 17.2. The summed E-state index contributed by atoms with van der Waals surface area (Å²) in [5, 5.41) is 4.10. The maximum Gasteiger partial charge on any atom is 0.337 e. The van der Waals surface area contributed by atoms with E-state index in [0.29, 0.717) is 17.3 Å². The second-order valence-electron chi connectivity index (χ2n) is 7.41. The minimum atomic E-state index is -0.350. The number of rotatable bonds is 4. The van der Waals surface area contributed by atoms with Gasteiger partial charge in [0, 0.05) is 12.1 Å². The van der Waals surface area contributed by atoms with Gasteiger partial charge in [0.05, 0.1) is 19.2 Å². The van der Waals surface area contributed by atoms with Crippen molar-refractivity contribution in [3.63, 3.8) is 0 Å². The van der Waals surface area contributed by atoms with Gasteiger partial charge in [0.1, 0.15) is 0 Å². The molecule has 2 fully saturated rings. The summed E-state index contributed by atoms with van der Waals surface area (Å²) in [6.45, 7) is 2.99. The van der Waals surface area contributed by atoms with Crippen molar-refractivity contribution >= 4 is 5.97 Å². The van der Waals surface area contributed by atoms with Gasteiger partial charge in [0.15, 0.2) is 0 Å². The molecular formula is C20H25N3O3. The molecule has 1 saturated heterocycles. The number of piperidine rings is 1. The average Bonchev–Trinajstić information content (AvgIpc) is 3.16. The highest BCUT2D eigenvalue weighted by atomic mass is 16.5. The zero-order chi connectivity index (χ0) is 17.9. The number of benzene rings is 1. The zero-order valence-corrected chi connectivity index (χ0v) is 15.2. The van der Waals surface area contributed by atoms with E-state index >= 15 is 0 Å². The molecule has 0 spiro atoms. The summed E-state index contributed by atoms with van der Waals surface area (Å²) < 4.78 is 10.2. The Kier molecular flexibility index (Phi) is 5.02. The molecule has 1 saturated carbocycles. The minimum Gasteiger partial charge on any atom is -0.465 e. The molecule has 2 atom stereocenters. The third-order valence-corrected chi connectivity index (χ3v) is 5.77. The van der Waals surface area contributed by atoms with Crippen LogP contribution in [0.4, 0.5) is 0 Å². The molecule has 1 aromatic carbocycles. The number of likely N-dealkylation sites (tertiary alicyclic amines) is 1. The van der Waals surface area contributed by atoms with Gasteiger partial charge in [0.25, 0.3) is 0 Å². The molecule has 2 aliphatic rings. The minimum absolute atomic E-state index is 0.350. The van der Waals surface area contributed by atoms with Crippen molar-refractivity contribution in [2.24, 2.45) is 11.8 Å². The van der Waals surface area contributed by atoms with Crippen LogP contribution < -0.4 is 0 Å². The third kappa shape index (κ3) is 3.65. The van der Waals surface area contributed by atoms with Crippen molar-refractivity contribution in [2.45, 2.75) is 38.6 Å². The standard InChI is InChI=1S/C20H25N3O3/c1-25-20(24)16-8-6-15(7-9-16)19-21-18(26-22-19)13-23-11-10-14-4-2-3-5-17(14)12-23/h6-9,14,17H,2-5,10-13H2,1H3/t14-,17-/m0/s1. The molecule has 0 unspecified atom stereocenters. The Morgan fingerprint density at radius 2 is 1.96 bits per heavy atom. The second-order valence-corrected chi connectivity index (χ2v) is 7.41. The fourth-order valence-corrected chi connectivity index (χ4v) is 4.32. The Morgan fingerprint density at radius 1 is 1.19 bits per heavy atom. The SMILES string of the molecule is COC(=O)c1ccc(-c2noc(CN3CC[C@@H]4CCCC[C@H]4C3)n2)cc1. The predicted molar refractivity (Wildman–Crippen MR) is 96.4 cm³/mol. The maximum absolute atomic E-state index is 11.5. The van der Waals surface area contributed by atoms with Gasteiger partial charge in [-0.15, -0.1) is 0 Å². The van der Waals surface area contributed by atoms with Crippen LogP contribution in [-0.4, -0.2) is 41.2 Å². The summed E-state index contributed by atoms with van der Waals surface area (Å²) in [6.07, 6.45) is 6.85. The summed E-state index contributed by atoms with van der Waals surface area (Å²) in [7, 11) is 1.37. The Bertz CT molecular complexity index is 756. The lowest BCUT2D eigenvalue weighted by Gasteiger charge is -2.40. The number of fused-ring (bicyclic) bond motifs is 1. The molecule has 138 valence electrons. The lowest BCUT2D eigenvalue weighted by Crippen LogP contribution is -2.41. The van der Waals surface area contributed by atoms with Crippen molar-refractivity contribution in [1.29, 1.82) is 0 Å². The lowest BCUT2D eigenvalue weighted by atomic mass is 9.75. The van der Waals surface area contributed by atoms with Crippen LogP contribution in [0.3, 0.4) is 0 Å². The third-order valence-electron chi connectivity index (χ3n) is 5.77. The summed E-state index contributed by atoms with van der Waals surface area (Å²) in [6, 6.07) is 7.05. The zero-order valence-electron chi connectivity index (χ0n) is 15.2. The van der Waals surface area contributed by atoms with Gasteiger partial charge >= 0.3 is 5.97 Å². The number of ether oxygens (including phenoxy) is 1. The molecule has 1 aliphatic heterocycles. The Balaban J connectivity index is 1.39. The van der Waals surface area contributed by atoms with Gasteiger partial charge in [-0.25, -0.2) is 4.79 Å². The van der Waals surface area contributed by atoms with Crippen LogP contribution in [0.15, 0.2) is 28.8 Å². The van der Waals surface area contributed by atoms with Crippen molar-refractivity contribution in [1.82, 2.24) is 15.0 Å². The predicted octanol–water partition coefficient (Wildman–Crippen LogP) is 3.54. The Morgan fingerprint density at radius 3 is 2.73 bits per heavy atom. The number of aromatic nitrogens is 2. The quantitative estimate of drug-likeness (QED) is 0.782. The van der Waals surface area contributed by atoms with E-state index in [9.17, 15) is 4.79 Å². The van der Waals surface area contributed by atoms with Crippen LogP contribution >= 0.6 is 0 Å². The van der Waals surface area contributed by atoms with Gasteiger partial charge in [-0.2, -0.15) is 4.98 Å². The molecule has 6 nitrogen and oxygen atoms in total. The van der Waals surface area contributed by atoms with E-state index in [2.05, 4.69) is 15.0 Å². The van der Waals surface area contributed by atoms with E-state index in [1.165, 1.54) is 39.2 Å². The van der Waals surface area contributed by atoms with Gasteiger partial charge in [-0.3, -0.25) is 4.90 Å². The molecule has 1 aliphatic carbocycles. The van der Waals surface area contributed by atoms with Gasteiger partial charge in [-0.1, -0.05) is 36.6 Å². The molecule has 2 aromatic rings. The molecule has 0 radical (unpaired) electrons. The van der Waals surface area contributed by atoms with E-state index < -0.39 is 0 Å². The van der Waals surface area contributed by atoms with Crippen LogP contribution in [0.1, 0.15) is 48.4 Å². The molecule has 26 heavy (non-hydrogen) atoms. The monoisotopic (exact) mass is 355 g/mol. The Labute approximate surface area is 153 Å². The molecule has 0 bridgehead atoms. The number of carbonyl (C=O) groups is 1. The first-order chi connectivity index (χ1) is 12.7. The summed E-state index contributed by atoms with van der Waals surface area (Å²) in [4.78, 5) is 18.5. The van der Waals surface area contributed by atoms with E-state index in [-0.39, 0.29) is 5.97 Å². The summed E-state index contributed by atoms with van der Waals surface area (Å²) >= 11 is 0. The molecule has 4 rings (SSSR count). The fourth-order valence-electron chi connectivity index (χ4n) is 4.32. The van der Waals surface area contributed by atoms with Crippen LogP contribution in [-0.2, 0) is 11.3 Å². The topological polar surface area (TPSA) is 68.5 Å². The maximum atomic E-state index is 11.5. The van der Waals surface area contributed by atoms with Crippen molar-refractivity contribution in [2.75, 3.05) is 20.2 Å². The number of hydrogen-bond acceptors (Lipinski definition) is 6. The number of methoxy groups -OCH3 is 1. The van der Waals surface area contributed by atoms with Gasteiger partial charge in [0.2, 0.25) is 11.7 Å². The molecule has 2 heterocycles. The number of hydrogen-bond donors (Lipinski definition) is 0. The second kappa shape index (κ2) is 7.58. The normalized spacial score (nSPS) is 23.4. The molecule has 0 amide bonds. The lowest BCUT2D eigenvalue weighted by molar-refractivity contribution is 0.0601. The highest BCUT2D eigenvalue weighted by Gasteiger charge is 2.31. The van der Waals surface area contributed by atoms with Gasteiger partial charge < -0.3 is 9.26 Å². The highest BCUT2D eigenvalue weighted by Crippen LogP contribution is 2.36. The molecule has 1 aromatic heterocycles. The van der Waals surface area contributed by atoms with Gasteiger partial charge in [-0.05, 0) is 43.4 Å². The van der Waals surface area contributed by atoms with E-state index in [0.717, 1.165) is 37.0 Å². The Hall–Kier alpha value is -2.21. The van der Waals surface area contributed by atoms with Crippen molar-refractivity contribution in [3.05, 3.63) is 35.7 Å². The number of carbonyl (C=O) groups excluding carboxylic acids is 1. The largest absolute Gasteiger partial charge is 0.465 e. The van der Waals surface area contributed by atoms with E-state index in [1.54, 1.807) is 12.1 Å². The van der Waals surface area contributed by atoms with Crippen LogP contribution in [0.2, 0.25) is 0 Å². The summed E-state index contributed by atoms with van der Waals surface area (Å²) in [5.41, 5.74) is 1.34. The first-order valence-electron chi connectivity index (χ1n) is 9.46. The first-order valence-corrected chi connectivity index (χ1v) is 9.46. The summed E-state index contributed by atoms with van der Waals surface area (Å²) in [5.74, 6) is 2.63. The van der Waals surface area contributed by atoms with E-state index in [4.69, 9.17) is 9.26 Å². The number of nitrogens with zero attached hydrogens (tertiary/aromatic N) is 3. The molecule has 6 heteroatoms. The fraction of sp³-hybridized carbons (Fsp3) is 0.550. The van der Waals surface area contributed by atoms with E-state index in [1.807, 2.05) is 12.1 Å². The molecule has 0 N–H and O–H groups in total. The van der Waals surface area contributed by atoms with Crippen molar-refractivity contribution < 1.29 is 14.1 Å². The van der Waals surface area contributed by atoms with Crippen LogP contribution in [0, 0.1) is 11.8 Å². The smallest absolute Gasteiger partial charge is 0.337 e.